The summed E-state index contributed by atoms with van der Waals surface area (Å²) in [7, 11) is 0. The first-order valence-electron chi connectivity index (χ1n) is 6.66. The summed E-state index contributed by atoms with van der Waals surface area (Å²) < 4.78 is 0. The zero-order valence-corrected chi connectivity index (χ0v) is 11.4. The summed E-state index contributed by atoms with van der Waals surface area (Å²) in [6, 6.07) is 10.8. The van der Waals surface area contributed by atoms with Crippen molar-refractivity contribution in [3.63, 3.8) is 0 Å². The van der Waals surface area contributed by atoms with Gasteiger partial charge in [-0.1, -0.05) is 30.3 Å². The molecule has 0 amide bonds. The Morgan fingerprint density at radius 3 is 2.47 bits per heavy atom. The average molecular weight is 252 g/mol. The number of hydrogen-bond donors (Lipinski definition) is 0. The number of hydrogen-bond acceptors (Lipinski definition) is 1. The van der Waals surface area contributed by atoms with Crippen molar-refractivity contribution in [3.8, 4) is 0 Å². The molecule has 2 rings (SSSR count). The number of nitrogens with zero attached hydrogens (tertiary/aromatic N) is 1. The summed E-state index contributed by atoms with van der Waals surface area (Å²) >= 11 is 6.16. The number of halogens is 1. The van der Waals surface area contributed by atoms with E-state index >= 15 is 0 Å². The van der Waals surface area contributed by atoms with Gasteiger partial charge in [-0.3, -0.25) is 0 Å². The topological polar surface area (TPSA) is 3.24 Å². The van der Waals surface area contributed by atoms with Gasteiger partial charge in [-0.2, -0.15) is 0 Å². The molecule has 17 heavy (non-hydrogen) atoms. The van der Waals surface area contributed by atoms with E-state index in [1.165, 1.54) is 44.5 Å². The van der Waals surface area contributed by atoms with E-state index in [2.05, 4.69) is 42.2 Å². The van der Waals surface area contributed by atoms with Gasteiger partial charge in [0.05, 0.1) is 0 Å². The minimum Gasteiger partial charge on any atom is -0.303 e. The quantitative estimate of drug-likeness (QED) is 0.740. The number of benzene rings is 1. The Morgan fingerprint density at radius 1 is 1.24 bits per heavy atom. The van der Waals surface area contributed by atoms with Crippen LogP contribution in [-0.2, 0) is 6.42 Å². The summed E-state index contributed by atoms with van der Waals surface area (Å²) in [4.78, 5) is 2.57. The van der Waals surface area contributed by atoms with Crippen LogP contribution in [0.15, 0.2) is 30.3 Å². The third-order valence-corrected chi connectivity index (χ3v) is 4.20. The Labute approximate surface area is 110 Å². The molecular weight excluding hydrogens is 230 g/mol. The highest BCUT2D eigenvalue weighted by molar-refractivity contribution is 6.20. The van der Waals surface area contributed by atoms with Gasteiger partial charge in [0.2, 0.25) is 0 Å². The van der Waals surface area contributed by atoms with E-state index in [-0.39, 0.29) is 0 Å². The second kappa shape index (κ2) is 6.42. The SMILES string of the molecule is CC(Cl)C1CCN(CCc2ccccc2)CC1. The fourth-order valence-corrected chi connectivity index (χ4v) is 2.82. The molecule has 1 nitrogen and oxygen atoms in total. The minimum absolute atomic E-state index is 0.339. The van der Waals surface area contributed by atoms with Crippen molar-refractivity contribution in [3.05, 3.63) is 35.9 Å². The first-order chi connectivity index (χ1) is 8.25. The molecule has 0 aromatic heterocycles. The Morgan fingerprint density at radius 2 is 1.88 bits per heavy atom. The molecule has 0 N–H and O–H groups in total. The Kier molecular flexibility index (Phi) is 4.87. The zero-order chi connectivity index (χ0) is 12.1. The van der Waals surface area contributed by atoms with E-state index in [1.807, 2.05) is 0 Å². The summed E-state index contributed by atoms with van der Waals surface area (Å²) in [6.07, 6.45) is 3.70. The van der Waals surface area contributed by atoms with Gasteiger partial charge in [0, 0.05) is 11.9 Å². The van der Waals surface area contributed by atoms with E-state index in [4.69, 9.17) is 11.6 Å². The van der Waals surface area contributed by atoms with Crippen molar-refractivity contribution in [1.29, 1.82) is 0 Å². The fourth-order valence-electron chi connectivity index (χ4n) is 2.57. The number of rotatable bonds is 4. The Bertz CT molecular complexity index is 315. The summed E-state index contributed by atoms with van der Waals surface area (Å²) in [5.41, 5.74) is 1.44. The molecule has 1 aliphatic rings. The molecule has 0 spiro atoms. The molecule has 1 unspecified atom stereocenters. The van der Waals surface area contributed by atoms with E-state index in [0.29, 0.717) is 5.38 Å². The van der Waals surface area contributed by atoms with E-state index in [0.717, 1.165) is 5.92 Å². The predicted octanol–water partition coefficient (Wildman–Crippen LogP) is 3.57. The molecule has 1 aromatic rings. The maximum atomic E-state index is 6.16. The molecule has 0 saturated carbocycles. The van der Waals surface area contributed by atoms with Gasteiger partial charge in [-0.25, -0.2) is 0 Å². The first kappa shape index (κ1) is 12.9. The van der Waals surface area contributed by atoms with Gasteiger partial charge < -0.3 is 4.90 Å². The van der Waals surface area contributed by atoms with E-state index < -0.39 is 0 Å². The van der Waals surface area contributed by atoms with E-state index in [9.17, 15) is 0 Å². The lowest BCUT2D eigenvalue weighted by molar-refractivity contribution is 0.185. The third kappa shape index (κ3) is 4.01. The molecule has 1 saturated heterocycles. The van der Waals surface area contributed by atoms with Crippen LogP contribution >= 0.6 is 11.6 Å². The molecule has 1 fully saturated rings. The molecule has 1 aliphatic heterocycles. The van der Waals surface area contributed by atoms with Crippen molar-refractivity contribution in [2.24, 2.45) is 5.92 Å². The highest BCUT2D eigenvalue weighted by atomic mass is 35.5. The summed E-state index contributed by atoms with van der Waals surface area (Å²) in [5.74, 6) is 0.727. The third-order valence-electron chi connectivity index (χ3n) is 3.84. The molecule has 1 aromatic carbocycles. The average Bonchev–Trinajstić information content (AvgIpc) is 2.38. The normalized spacial score (nSPS) is 20.4. The van der Waals surface area contributed by atoms with Crippen LogP contribution in [0.1, 0.15) is 25.3 Å². The van der Waals surface area contributed by atoms with Crippen LogP contribution in [0.4, 0.5) is 0 Å². The highest BCUT2D eigenvalue weighted by Gasteiger charge is 2.22. The van der Waals surface area contributed by atoms with Crippen molar-refractivity contribution in [2.75, 3.05) is 19.6 Å². The Hall–Kier alpha value is -0.530. The molecule has 2 heteroatoms. The van der Waals surface area contributed by atoms with Gasteiger partial charge in [0.1, 0.15) is 0 Å². The van der Waals surface area contributed by atoms with Crippen LogP contribution in [0.3, 0.4) is 0 Å². The number of likely N-dealkylation sites (tertiary alicyclic amines) is 1. The van der Waals surface area contributed by atoms with Gasteiger partial charge in [-0.15, -0.1) is 11.6 Å². The minimum atomic E-state index is 0.339. The molecule has 1 heterocycles. The first-order valence-corrected chi connectivity index (χ1v) is 7.09. The fraction of sp³-hybridized carbons (Fsp3) is 0.600. The van der Waals surface area contributed by atoms with Crippen molar-refractivity contribution < 1.29 is 0 Å². The molecule has 0 bridgehead atoms. The van der Waals surface area contributed by atoms with Crippen molar-refractivity contribution in [2.45, 2.75) is 31.6 Å². The molecular formula is C15H22ClN. The summed E-state index contributed by atoms with van der Waals surface area (Å²) in [6.45, 7) is 5.75. The Balaban J connectivity index is 1.72. The van der Waals surface area contributed by atoms with Crippen molar-refractivity contribution >= 4 is 11.6 Å². The zero-order valence-electron chi connectivity index (χ0n) is 10.6. The van der Waals surface area contributed by atoms with Crippen LogP contribution in [-0.4, -0.2) is 29.9 Å². The smallest absolute Gasteiger partial charge is 0.0337 e. The van der Waals surface area contributed by atoms with Crippen LogP contribution in [0.2, 0.25) is 0 Å². The monoisotopic (exact) mass is 251 g/mol. The van der Waals surface area contributed by atoms with Crippen LogP contribution in [0, 0.1) is 5.92 Å². The molecule has 0 aliphatic carbocycles. The van der Waals surface area contributed by atoms with Gasteiger partial charge >= 0.3 is 0 Å². The van der Waals surface area contributed by atoms with Crippen LogP contribution < -0.4 is 0 Å². The number of piperidine rings is 1. The highest BCUT2D eigenvalue weighted by Crippen LogP contribution is 2.23. The maximum Gasteiger partial charge on any atom is 0.0337 e. The molecule has 94 valence electrons. The number of alkyl halides is 1. The van der Waals surface area contributed by atoms with Crippen molar-refractivity contribution in [1.82, 2.24) is 4.90 Å². The second-order valence-electron chi connectivity index (χ2n) is 5.09. The molecule has 0 radical (unpaired) electrons. The van der Waals surface area contributed by atoms with Gasteiger partial charge in [-0.05, 0) is 50.8 Å². The summed E-state index contributed by atoms with van der Waals surface area (Å²) in [5, 5.41) is 0.339. The van der Waals surface area contributed by atoms with Crippen LogP contribution in [0.5, 0.6) is 0 Å². The predicted molar refractivity (Wildman–Crippen MR) is 74.6 cm³/mol. The lowest BCUT2D eigenvalue weighted by Crippen LogP contribution is -2.37. The maximum absolute atomic E-state index is 6.16. The standard InChI is InChI=1S/C15H22ClN/c1-13(16)15-8-11-17(12-9-15)10-7-14-5-3-2-4-6-14/h2-6,13,15H,7-12H2,1H3. The van der Waals surface area contributed by atoms with Gasteiger partial charge in [0.25, 0.3) is 0 Å². The van der Waals surface area contributed by atoms with Gasteiger partial charge in [0.15, 0.2) is 0 Å². The lowest BCUT2D eigenvalue weighted by atomic mass is 9.94. The largest absolute Gasteiger partial charge is 0.303 e. The van der Waals surface area contributed by atoms with E-state index in [1.54, 1.807) is 0 Å². The molecule has 1 atom stereocenters. The van der Waals surface area contributed by atoms with Crippen LogP contribution in [0.25, 0.3) is 0 Å². The second-order valence-corrected chi connectivity index (χ2v) is 5.78. The lowest BCUT2D eigenvalue weighted by Gasteiger charge is -2.33.